The van der Waals surface area contributed by atoms with Gasteiger partial charge in [0.05, 0.1) is 25.7 Å². The van der Waals surface area contributed by atoms with Crippen LogP contribution in [-0.2, 0) is 18.9 Å². The molecule has 4 nitrogen and oxygen atoms in total. The lowest BCUT2D eigenvalue weighted by Crippen LogP contribution is -2.02. The van der Waals surface area contributed by atoms with Gasteiger partial charge < -0.3 is 18.9 Å². The van der Waals surface area contributed by atoms with Crippen LogP contribution < -0.4 is 0 Å². The first-order chi connectivity index (χ1) is 13.7. The molecule has 4 heteroatoms. The van der Waals surface area contributed by atoms with Gasteiger partial charge in [-0.15, -0.1) is 0 Å². The standard InChI is InChI=1S/C24H38O4/c1-5-7-13-25-15-17-27-19-21(3)23-9-11-24(12-10-23)22(4)20-28-18-16-26-14-8-6-2/h9-12,19-20H,5-8,13-18H2,1-4H3/b21-19-,22-20?. The highest BCUT2D eigenvalue weighted by atomic mass is 16.5. The number of unbranched alkanes of at least 4 members (excludes halogenated alkanes) is 2. The molecule has 0 radical (unpaired) electrons. The van der Waals surface area contributed by atoms with E-state index in [4.69, 9.17) is 18.9 Å². The number of ether oxygens (including phenoxy) is 4. The second kappa shape index (κ2) is 16.2. The van der Waals surface area contributed by atoms with E-state index in [9.17, 15) is 0 Å². The smallest absolute Gasteiger partial charge is 0.111 e. The Balaban J connectivity index is 2.34. The Hall–Kier alpha value is -1.78. The summed E-state index contributed by atoms with van der Waals surface area (Å²) in [6, 6.07) is 8.42. The van der Waals surface area contributed by atoms with Gasteiger partial charge in [-0.1, -0.05) is 51.0 Å². The normalized spacial score (nSPS) is 12.3. The molecule has 0 bridgehead atoms. The van der Waals surface area contributed by atoms with Crippen LogP contribution >= 0.6 is 0 Å². The predicted octanol–water partition coefficient (Wildman–Crippen LogP) is 6.07. The topological polar surface area (TPSA) is 36.9 Å². The second-order valence-corrected chi connectivity index (χ2v) is 6.85. The third-order valence-corrected chi connectivity index (χ3v) is 4.29. The van der Waals surface area contributed by atoms with Crippen LogP contribution in [0.2, 0.25) is 0 Å². The van der Waals surface area contributed by atoms with E-state index >= 15 is 0 Å². The molecule has 0 aliphatic heterocycles. The number of rotatable bonds is 16. The number of hydrogen-bond donors (Lipinski definition) is 0. The Morgan fingerprint density at radius 2 is 1.04 bits per heavy atom. The minimum atomic E-state index is 0.584. The Bertz CT molecular complexity index is 509. The molecule has 0 heterocycles. The van der Waals surface area contributed by atoms with E-state index in [0.29, 0.717) is 26.4 Å². The van der Waals surface area contributed by atoms with Gasteiger partial charge >= 0.3 is 0 Å². The van der Waals surface area contributed by atoms with Crippen LogP contribution in [0.15, 0.2) is 36.8 Å². The summed E-state index contributed by atoms with van der Waals surface area (Å²) in [5, 5.41) is 0. The van der Waals surface area contributed by atoms with Crippen molar-refractivity contribution in [3.8, 4) is 0 Å². The monoisotopic (exact) mass is 390 g/mol. The average Bonchev–Trinajstić information content (AvgIpc) is 2.72. The fourth-order valence-corrected chi connectivity index (χ4v) is 2.41. The van der Waals surface area contributed by atoms with Gasteiger partial charge in [-0.2, -0.15) is 0 Å². The highest BCUT2D eigenvalue weighted by Gasteiger charge is 2.00. The molecule has 0 saturated heterocycles. The SMILES string of the molecule is CCCCOCCOC=C(C)c1ccc(/C(C)=C\OCCOCCCC)cc1. The van der Waals surface area contributed by atoms with Gasteiger partial charge in [-0.25, -0.2) is 0 Å². The Kier molecular flexibility index (Phi) is 14.0. The van der Waals surface area contributed by atoms with Gasteiger partial charge in [0.15, 0.2) is 0 Å². The molecule has 0 atom stereocenters. The van der Waals surface area contributed by atoms with Crippen LogP contribution in [0.25, 0.3) is 11.1 Å². The molecule has 0 unspecified atom stereocenters. The summed E-state index contributed by atoms with van der Waals surface area (Å²) in [4.78, 5) is 0. The van der Waals surface area contributed by atoms with Crippen LogP contribution in [-0.4, -0.2) is 39.6 Å². The van der Waals surface area contributed by atoms with Crippen molar-refractivity contribution >= 4 is 11.1 Å². The molecule has 1 aromatic carbocycles. The minimum absolute atomic E-state index is 0.584. The van der Waals surface area contributed by atoms with E-state index < -0.39 is 0 Å². The number of allylic oxidation sites excluding steroid dienone is 2. The van der Waals surface area contributed by atoms with Crippen molar-refractivity contribution in [2.45, 2.75) is 53.4 Å². The van der Waals surface area contributed by atoms with Crippen LogP contribution in [0.4, 0.5) is 0 Å². The Morgan fingerprint density at radius 1 is 0.643 bits per heavy atom. The van der Waals surface area contributed by atoms with E-state index in [0.717, 1.165) is 61.2 Å². The molecule has 0 N–H and O–H groups in total. The van der Waals surface area contributed by atoms with Gasteiger partial charge in [0.1, 0.15) is 13.2 Å². The molecule has 158 valence electrons. The van der Waals surface area contributed by atoms with Gasteiger partial charge in [-0.05, 0) is 49.0 Å². The quantitative estimate of drug-likeness (QED) is 0.253. The summed E-state index contributed by atoms with van der Waals surface area (Å²) in [7, 11) is 0. The van der Waals surface area contributed by atoms with Crippen molar-refractivity contribution in [2.75, 3.05) is 39.6 Å². The van der Waals surface area contributed by atoms with Crippen molar-refractivity contribution in [1.29, 1.82) is 0 Å². The van der Waals surface area contributed by atoms with Crippen molar-refractivity contribution in [3.05, 3.63) is 47.9 Å². The lowest BCUT2D eigenvalue weighted by molar-refractivity contribution is 0.0834. The zero-order chi connectivity index (χ0) is 20.5. The fraction of sp³-hybridized carbons (Fsp3) is 0.583. The van der Waals surface area contributed by atoms with E-state index in [1.165, 1.54) is 0 Å². The Labute approximate surface area is 171 Å². The molecule has 1 rings (SSSR count). The van der Waals surface area contributed by atoms with Gasteiger partial charge in [0.25, 0.3) is 0 Å². The van der Waals surface area contributed by atoms with Crippen molar-refractivity contribution < 1.29 is 18.9 Å². The molecule has 0 amide bonds. The van der Waals surface area contributed by atoms with Crippen LogP contribution in [0.3, 0.4) is 0 Å². The fourth-order valence-electron chi connectivity index (χ4n) is 2.41. The molecular formula is C24H38O4. The van der Waals surface area contributed by atoms with Crippen LogP contribution in [0, 0.1) is 0 Å². The maximum atomic E-state index is 5.58. The first kappa shape index (κ1) is 24.3. The number of hydrogen-bond acceptors (Lipinski definition) is 4. The molecule has 0 aliphatic carbocycles. The van der Waals surface area contributed by atoms with Crippen molar-refractivity contribution in [1.82, 2.24) is 0 Å². The summed E-state index contributed by atoms with van der Waals surface area (Å²) in [5.74, 6) is 0. The van der Waals surface area contributed by atoms with Gasteiger partial charge in [-0.3, -0.25) is 0 Å². The Morgan fingerprint density at radius 3 is 1.39 bits per heavy atom. The second-order valence-electron chi connectivity index (χ2n) is 6.85. The van der Waals surface area contributed by atoms with E-state index in [-0.39, 0.29) is 0 Å². The third-order valence-electron chi connectivity index (χ3n) is 4.29. The summed E-state index contributed by atoms with van der Waals surface area (Å²) in [6.07, 6.45) is 8.14. The highest BCUT2D eigenvalue weighted by molar-refractivity contribution is 5.68. The molecule has 0 saturated carbocycles. The predicted molar refractivity (Wildman–Crippen MR) is 117 cm³/mol. The van der Waals surface area contributed by atoms with Crippen LogP contribution in [0.5, 0.6) is 0 Å². The third kappa shape index (κ3) is 11.2. The zero-order valence-electron chi connectivity index (χ0n) is 18.2. The summed E-state index contributed by atoms with van der Waals surface area (Å²) in [6.45, 7) is 12.5. The van der Waals surface area contributed by atoms with E-state index in [1.54, 1.807) is 0 Å². The average molecular weight is 391 g/mol. The van der Waals surface area contributed by atoms with Gasteiger partial charge in [0, 0.05) is 13.2 Å². The summed E-state index contributed by atoms with van der Waals surface area (Å²) >= 11 is 0. The molecular weight excluding hydrogens is 352 g/mol. The first-order valence-electron chi connectivity index (χ1n) is 10.5. The first-order valence-corrected chi connectivity index (χ1v) is 10.5. The van der Waals surface area contributed by atoms with Gasteiger partial charge in [0.2, 0.25) is 0 Å². The lowest BCUT2D eigenvalue weighted by atomic mass is 10.0. The van der Waals surface area contributed by atoms with Crippen LogP contribution in [0.1, 0.15) is 64.5 Å². The van der Waals surface area contributed by atoms with Crippen molar-refractivity contribution in [3.63, 3.8) is 0 Å². The van der Waals surface area contributed by atoms with E-state index in [1.807, 2.05) is 12.5 Å². The zero-order valence-corrected chi connectivity index (χ0v) is 18.2. The molecule has 28 heavy (non-hydrogen) atoms. The maximum absolute atomic E-state index is 5.58. The highest BCUT2D eigenvalue weighted by Crippen LogP contribution is 2.19. The molecule has 0 aromatic heterocycles. The largest absolute Gasteiger partial charge is 0.498 e. The molecule has 0 fully saturated rings. The number of benzene rings is 1. The molecule has 0 spiro atoms. The molecule has 1 aromatic rings. The lowest BCUT2D eigenvalue weighted by Gasteiger charge is -2.08. The summed E-state index contributed by atoms with van der Waals surface area (Å²) < 4.78 is 22.1. The van der Waals surface area contributed by atoms with Crippen molar-refractivity contribution in [2.24, 2.45) is 0 Å². The minimum Gasteiger partial charge on any atom is -0.498 e. The van der Waals surface area contributed by atoms with E-state index in [2.05, 4.69) is 52.0 Å². The molecule has 0 aliphatic rings. The maximum Gasteiger partial charge on any atom is 0.111 e. The summed E-state index contributed by atoms with van der Waals surface area (Å²) in [5.41, 5.74) is 4.49.